The molecule has 0 N–H and O–H groups in total. The Kier molecular flexibility index (Phi) is 13.0. The van der Waals surface area contributed by atoms with Gasteiger partial charge in [0, 0.05) is 58.9 Å². The Balaban J connectivity index is 0.00000312. The molecule has 0 bridgehead atoms. The third-order valence-electron chi connectivity index (χ3n) is 4.15. The molecule has 26 heavy (non-hydrogen) atoms. The number of nitrogens with zero attached hydrogens (tertiary/aromatic N) is 3. The Morgan fingerprint density at radius 1 is 0.731 bits per heavy atom. The minimum absolute atomic E-state index is 0. The third kappa shape index (κ3) is 9.80. The summed E-state index contributed by atoms with van der Waals surface area (Å²) in [5.41, 5.74) is 1.18. The molecule has 1 aliphatic rings. The van der Waals surface area contributed by atoms with Gasteiger partial charge in [0.15, 0.2) is 0 Å². The molecule has 7 nitrogen and oxygen atoms in total. The maximum Gasteiger partial charge on any atom is 1.00 e. The van der Waals surface area contributed by atoms with Gasteiger partial charge in [-0.1, -0.05) is 30.3 Å². The first-order valence-corrected chi connectivity index (χ1v) is 8.13. The second-order valence-electron chi connectivity index (χ2n) is 6.06. The monoisotopic (exact) mass is 347 g/mol. The van der Waals surface area contributed by atoms with E-state index in [9.17, 15) is 19.8 Å². The first-order valence-electron chi connectivity index (χ1n) is 8.13. The van der Waals surface area contributed by atoms with Gasteiger partial charge in [-0.15, -0.1) is 0 Å². The normalized spacial score (nSPS) is 17.1. The van der Waals surface area contributed by atoms with E-state index in [0.29, 0.717) is 26.2 Å². The van der Waals surface area contributed by atoms with Gasteiger partial charge in [0.1, 0.15) is 0 Å². The molecule has 9 heteroatoms. The molecule has 1 heterocycles. The predicted molar refractivity (Wildman–Crippen MR) is 84.6 cm³/mol. The van der Waals surface area contributed by atoms with Gasteiger partial charge in [0.2, 0.25) is 0 Å². The summed E-state index contributed by atoms with van der Waals surface area (Å²) in [6.45, 7) is 4.14. The number of carboxylic acid groups (broad SMARTS) is 2. The SMILES string of the molecule is O=C([O-])CN1CCN(CC(=O)[O-])CCN(Cc2ccccc2)CC1.[Li+].[Li+]. The number of aliphatic carboxylic acids is 2. The standard InChI is InChI=1S/C17H25N3O4.2Li/c21-16(22)13-19-8-6-18(12-15-4-2-1-3-5-15)7-9-20(11-10-19)14-17(23)24;;/h1-5H,6-14H2,(H,21,22)(H,23,24);;/q;2*+1/p-2. The second-order valence-corrected chi connectivity index (χ2v) is 6.06. The molecular formula is C17H23Li2N3O4. The van der Waals surface area contributed by atoms with Crippen molar-refractivity contribution in [1.29, 1.82) is 0 Å². The minimum Gasteiger partial charge on any atom is -0.549 e. The van der Waals surface area contributed by atoms with Crippen molar-refractivity contribution in [1.82, 2.24) is 14.7 Å². The van der Waals surface area contributed by atoms with Crippen LogP contribution in [-0.2, 0) is 16.1 Å². The first kappa shape index (κ1) is 25.2. The van der Waals surface area contributed by atoms with Crippen LogP contribution in [0.4, 0.5) is 0 Å². The van der Waals surface area contributed by atoms with Crippen molar-refractivity contribution in [2.45, 2.75) is 6.54 Å². The van der Waals surface area contributed by atoms with E-state index in [4.69, 9.17) is 0 Å². The van der Waals surface area contributed by atoms with Crippen LogP contribution >= 0.6 is 0 Å². The molecular weight excluding hydrogens is 324 g/mol. The Morgan fingerprint density at radius 3 is 1.50 bits per heavy atom. The topological polar surface area (TPSA) is 90.0 Å². The third-order valence-corrected chi connectivity index (χ3v) is 4.15. The summed E-state index contributed by atoms with van der Waals surface area (Å²) >= 11 is 0. The Hall–Kier alpha value is -0.765. The second kappa shape index (κ2) is 13.4. The van der Waals surface area contributed by atoms with Gasteiger partial charge in [-0.2, -0.15) is 0 Å². The van der Waals surface area contributed by atoms with Gasteiger partial charge in [0.25, 0.3) is 0 Å². The van der Waals surface area contributed by atoms with E-state index in [2.05, 4.69) is 4.90 Å². The molecule has 1 aliphatic heterocycles. The molecule has 0 radical (unpaired) electrons. The molecule has 132 valence electrons. The van der Waals surface area contributed by atoms with Gasteiger partial charge in [0.05, 0.1) is 11.9 Å². The zero-order valence-electron chi connectivity index (χ0n) is 15.7. The average molecular weight is 347 g/mol. The molecule has 1 aromatic rings. The van der Waals surface area contributed by atoms with E-state index < -0.39 is 11.9 Å². The predicted octanol–water partition coefficient (Wildman–Crippen LogP) is -8.39. The molecule has 1 saturated heterocycles. The first-order chi connectivity index (χ1) is 11.5. The summed E-state index contributed by atoms with van der Waals surface area (Å²) < 4.78 is 0. The van der Waals surface area contributed by atoms with Crippen molar-refractivity contribution in [3.63, 3.8) is 0 Å². The number of carbonyl (C=O) groups excluding carboxylic acids is 2. The van der Waals surface area contributed by atoms with Gasteiger partial charge >= 0.3 is 37.7 Å². The van der Waals surface area contributed by atoms with Crippen molar-refractivity contribution in [2.75, 3.05) is 52.4 Å². The van der Waals surface area contributed by atoms with Gasteiger partial charge in [-0.25, -0.2) is 0 Å². The fourth-order valence-electron chi connectivity index (χ4n) is 2.87. The number of hydrogen-bond donors (Lipinski definition) is 0. The van der Waals surface area contributed by atoms with Gasteiger partial charge in [-0.3, -0.25) is 14.7 Å². The van der Waals surface area contributed by atoms with Crippen LogP contribution in [0.25, 0.3) is 0 Å². The fourth-order valence-corrected chi connectivity index (χ4v) is 2.87. The maximum absolute atomic E-state index is 10.9. The van der Waals surface area contributed by atoms with Crippen molar-refractivity contribution in [3.05, 3.63) is 35.9 Å². The van der Waals surface area contributed by atoms with Crippen LogP contribution < -0.4 is 47.9 Å². The van der Waals surface area contributed by atoms with E-state index in [-0.39, 0.29) is 50.8 Å². The molecule has 2 rings (SSSR count). The van der Waals surface area contributed by atoms with Crippen LogP contribution in [0.1, 0.15) is 5.56 Å². The van der Waals surface area contributed by atoms with Crippen LogP contribution in [0, 0.1) is 0 Å². The van der Waals surface area contributed by atoms with Crippen LogP contribution in [-0.4, -0.2) is 79.0 Å². The van der Waals surface area contributed by atoms with E-state index in [1.807, 2.05) is 30.3 Å². The van der Waals surface area contributed by atoms with Gasteiger partial charge < -0.3 is 19.8 Å². The Bertz CT molecular complexity index is 520. The summed E-state index contributed by atoms with van der Waals surface area (Å²) in [4.78, 5) is 27.6. The van der Waals surface area contributed by atoms with Crippen molar-refractivity contribution in [3.8, 4) is 0 Å². The number of benzene rings is 1. The quantitative estimate of drug-likeness (QED) is 0.472. The molecule has 0 aromatic heterocycles. The zero-order valence-corrected chi connectivity index (χ0v) is 15.7. The molecule has 0 spiro atoms. The summed E-state index contributed by atoms with van der Waals surface area (Å²) in [6.07, 6.45) is 0. The smallest absolute Gasteiger partial charge is 0.549 e. The van der Waals surface area contributed by atoms with E-state index in [1.54, 1.807) is 9.80 Å². The maximum atomic E-state index is 10.9. The average Bonchev–Trinajstić information content (AvgIpc) is 2.61. The van der Waals surface area contributed by atoms with E-state index in [0.717, 1.165) is 19.6 Å². The number of hydrogen-bond acceptors (Lipinski definition) is 7. The van der Waals surface area contributed by atoms with Gasteiger partial charge in [-0.05, 0) is 5.56 Å². The Labute approximate surface area is 178 Å². The number of rotatable bonds is 6. The van der Waals surface area contributed by atoms with Crippen LogP contribution in [0.5, 0.6) is 0 Å². The Morgan fingerprint density at radius 2 is 1.12 bits per heavy atom. The summed E-state index contributed by atoms with van der Waals surface area (Å²) in [5, 5.41) is 21.8. The molecule has 1 fully saturated rings. The molecule has 0 atom stereocenters. The summed E-state index contributed by atoms with van der Waals surface area (Å²) in [5.74, 6) is -2.23. The van der Waals surface area contributed by atoms with Crippen molar-refractivity contribution < 1.29 is 57.5 Å². The summed E-state index contributed by atoms with van der Waals surface area (Å²) in [7, 11) is 0. The van der Waals surface area contributed by atoms with Crippen molar-refractivity contribution in [2.24, 2.45) is 0 Å². The fraction of sp³-hybridized carbons (Fsp3) is 0.529. The van der Waals surface area contributed by atoms with Crippen molar-refractivity contribution >= 4 is 11.9 Å². The molecule has 0 saturated carbocycles. The van der Waals surface area contributed by atoms with Crippen LogP contribution in [0.3, 0.4) is 0 Å². The zero-order chi connectivity index (χ0) is 17.4. The van der Waals surface area contributed by atoms with E-state index in [1.165, 1.54) is 5.56 Å². The molecule has 0 aliphatic carbocycles. The van der Waals surface area contributed by atoms with E-state index >= 15 is 0 Å². The molecule has 1 aromatic carbocycles. The number of carbonyl (C=O) groups is 2. The minimum atomic E-state index is -1.12. The largest absolute Gasteiger partial charge is 1.00 e. The molecule has 0 unspecified atom stereocenters. The van der Waals surface area contributed by atoms with Crippen LogP contribution in [0.15, 0.2) is 30.3 Å². The molecule has 0 amide bonds. The van der Waals surface area contributed by atoms with Crippen LogP contribution in [0.2, 0.25) is 0 Å². The number of carboxylic acids is 2. The summed E-state index contributed by atoms with van der Waals surface area (Å²) in [6, 6.07) is 10.0.